The molecule has 1 aliphatic rings. The van der Waals surface area contributed by atoms with Gasteiger partial charge < -0.3 is 15.5 Å². The third-order valence-electron chi connectivity index (χ3n) is 4.45. The molecule has 0 unspecified atom stereocenters. The van der Waals surface area contributed by atoms with Crippen LogP contribution in [0.15, 0.2) is 34.6 Å². The van der Waals surface area contributed by atoms with Crippen molar-refractivity contribution >= 4 is 47.2 Å². The van der Waals surface area contributed by atoms with Crippen LogP contribution < -0.4 is 10.6 Å². The van der Waals surface area contributed by atoms with Gasteiger partial charge >= 0.3 is 0 Å². The number of hydrogen-bond acceptors (Lipinski definition) is 4. The van der Waals surface area contributed by atoms with Gasteiger partial charge in [-0.3, -0.25) is 9.79 Å². The van der Waals surface area contributed by atoms with Gasteiger partial charge in [0.2, 0.25) is 5.91 Å². The van der Waals surface area contributed by atoms with Gasteiger partial charge in [-0.05, 0) is 24.5 Å². The molecule has 146 valence electrons. The van der Waals surface area contributed by atoms with Crippen molar-refractivity contribution in [3.05, 3.63) is 51.5 Å². The standard InChI is InChI=1S/C19H25N5OS.HI/c1-14-23-17(13-26-14)7-9-21-19(20-2)22-11-18(25)24-10-8-15-5-3-4-6-16(15)12-24;/h3-6,13H,7-12H2,1-2H3,(H2,20,21,22);1H. The number of nitrogens with zero attached hydrogens (tertiary/aromatic N) is 3. The largest absolute Gasteiger partial charge is 0.356 e. The molecule has 2 heterocycles. The number of benzene rings is 1. The van der Waals surface area contributed by atoms with E-state index in [4.69, 9.17) is 0 Å². The number of aliphatic imine (C=N–C) groups is 1. The molecule has 8 heteroatoms. The Hall–Kier alpha value is -1.68. The SMILES string of the molecule is CN=C(NCCc1csc(C)n1)NCC(=O)N1CCc2ccccc2C1.I. The van der Waals surface area contributed by atoms with E-state index in [0.29, 0.717) is 12.5 Å². The molecule has 0 saturated carbocycles. The number of guanidine groups is 1. The Balaban J connectivity index is 0.00000261. The molecular formula is C19H26IN5OS. The third kappa shape index (κ3) is 6.17. The zero-order chi connectivity index (χ0) is 18.4. The lowest BCUT2D eigenvalue weighted by Gasteiger charge is -2.29. The Morgan fingerprint density at radius 3 is 2.78 bits per heavy atom. The van der Waals surface area contributed by atoms with E-state index < -0.39 is 0 Å². The quantitative estimate of drug-likeness (QED) is 0.377. The molecule has 2 N–H and O–H groups in total. The normalized spacial score (nSPS) is 13.6. The van der Waals surface area contributed by atoms with E-state index in [9.17, 15) is 4.79 Å². The van der Waals surface area contributed by atoms with Crippen molar-refractivity contribution in [2.75, 3.05) is 26.7 Å². The van der Waals surface area contributed by atoms with Gasteiger partial charge in [0.05, 0.1) is 17.2 Å². The molecule has 1 amide bonds. The summed E-state index contributed by atoms with van der Waals surface area (Å²) in [7, 11) is 1.71. The van der Waals surface area contributed by atoms with E-state index in [0.717, 1.165) is 36.6 Å². The first kappa shape index (κ1) is 21.6. The van der Waals surface area contributed by atoms with Gasteiger partial charge in [-0.2, -0.15) is 0 Å². The minimum absolute atomic E-state index is 0. The molecule has 0 fully saturated rings. The number of carbonyl (C=O) groups excluding carboxylic acids is 1. The Bertz CT molecular complexity index is 792. The van der Waals surface area contributed by atoms with Gasteiger partial charge in [-0.25, -0.2) is 4.98 Å². The van der Waals surface area contributed by atoms with Gasteiger partial charge in [0.15, 0.2) is 5.96 Å². The number of aromatic nitrogens is 1. The Morgan fingerprint density at radius 1 is 1.30 bits per heavy atom. The summed E-state index contributed by atoms with van der Waals surface area (Å²) < 4.78 is 0. The summed E-state index contributed by atoms with van der Waals surface area (Å²) >= 11 is 1.66. The smallest absolute Gasteiger partial charge is 0.242 e. The average Bonchev–Trinajstić information content (AvgIpc) is 3.09. The van der Waals surface area contributed by atoms with Crippen LogP contribution in [0.4, 0.5) is 0 Å². The van der Waals surface area contributed by atoms with Gasteiger partial charge in [-0.15, -0.1) is 35.3 Å². The summed E-state index contributed by atoms with van der Waals surface area (Å²) in [5.74, 6) is 0.736. The summed E-state index contributed by atoms with van der Waals surface area (Å²) in [6.07, 6.45) is 1.75. The Labute approximate surface area is 181 Å². The second-order valence-corrected chi connectivity index (χ2v) is 7.36. The van der Waals surface area contributed by atoms with Gasteiger partial charge in [0, 0.05) is 38.5 Å². The molecule has 6 nitrogen and oxygen atoms in total. The fraction of sp³-hybridized carbons (Fsp3) is 0.421. The molecular weight excluding hydrogens is 473 g/mol. The number of carbonyl (C=O) groups is 1. The molecule has 0 saturated heterocycles. The molecule has 0 radical (unpaired) electrons. The number of rotatable bonds is 5. The van der Waals surface area contributed by atoms with Crippen LogP contribution in [0.2, 0.25) is 0 Å². The zero-order valence-electron chi connectivity index (χ0n) is 15.7. The summed E-state index contributed by atoms with van der Waals surface area (Å²) in [6, 6.07) is 8.33. The summed E-state index contributed by atoms with van der Waals surface area (Å²) in [5.41, 5.74) is 3.67. The Kier molecular flexibility index (Phi) is 8.49. The van der Waals surface area contributed by atoms with Crippen LogP contribution in [-0.4, -0.2) is 48.4 Å². The molecule has 1 aliphatic heterocycles. The molecule has 0 aliphatic carbocycles. The first-order chi connectivity index (χ1) is 12.7. The van der Waals surface area contributed by atoms with E-state index in [1.807, 2.05) is 17.9 Å². The van der Waals surface area contributed by atoms with Crippen molar-refractivity contribution in [2.45, 2.75) is 26.3 Å². The minimum Gasteiger partial charge on any atom is -0.356 e. The van der Waals surface area contributed by atoms with Crippen LogP contribution in [0, 0.1) is 6.92 Å². The molecule has 1 aromatic heterocycles. The molecule has 2 aromatic rings. The van der Waals surface area contributed by atoms with Crippen LogP contribution in [-0.2, 0) is 24.2 Å². The molecule has 0 bridgehead atoms. The number of fused-ring (bicyclic) bond motifs is 1. The third-order valence-corrected chi connectivity index (χ3v) is 5.28. The highest BCUT2D eigenvalue weighted by Crippen LogP contribution is 2.18. The molecule has 27 heavy (non-hydrogen) atoms. The minimum atomic E-state index is 0. The lowest BCUT2D eigenvalue weighted by atomic mass is 10.00. The fourth-order valence-corrected chi connectivity index (χ4v) is 3.68. The lowest BCUT2D eigenvalue weighted by Crippen LogP contribution is -2.46. The predicted octanol–water partition coefficient (Wildman–Crippen LogP) is 2.36. The maximum absolute atomic E-state index is 12.5. The number of amides is 1. The van der Waals surface area contributed by atoms with E-state index in [-0.39, 0.29) is 36.4 Å². The fourth-order valence-electron chi connectivity index (χ4n) is 3.03. The molecule has 1 aromatic carbocycles. The number of hydrogen-bond donors (Lipinski definition) is 2. The number of halogens is 1. The maximum atomic E-state index is 12.5. The highest BCUT2D eigenvalue weighted by molar-refractivity contribution is 14.0. The van der Waals surface area contributed by atoms with Crippen LogP contribution in [0.25, 0.3) is 0 Å². The van der Waals surface area contributed by atoms with Crippen LogP contribution in [0.5, 0.6) is 0 Å². The number of thiazole rings is 1. The van der Waals surface area contributed by atoms with Crippen molar-refractivity contribution in [3.8, 4) is 0 Å². The molecule has 0 spiro atoms. The maximum Gasteiger partial charge on any atom is 0.242 e. The second-order valence-electron chi connectivity index (χ2n) is 6.29. The summed E-state index contributed by atoms with van der Waals surface area (Å²) in [4.78, 5) is 23.0. The van der Waals surface area contributed by atoms with E-state index in [1.54, 1.807) is 18.4 Å². The van der Waals surface area contributed by atoms with Crippen molar-refractivity contribution in [2.24, 2.45) is 4.99 Å². The summed E-state index contributed by atoms with van der Waals surface area (Å²) in [6.45, 7) is 4.44. The van der Waals surface area contributed by atoms with Crippen molar-refractivity contribution in [1.82, 2.24) is 20.5 Å². The predicted molar refractivity (Wildman–Crippen MR) is 121 cm³/mol. The van der Waals surface area contributed by atoms with Gasteiger partial charge in [0.1, 0.15) is 0 Å². The second kappa shape index (κ2) is 10.6. The van der Waals surface area contributed by atoms with Gasteiger partial charge in [0.25, 0.3) is 0 Å². The van der Waals surface area contributed by atoms with E-state index in [2.05, 4.69) is 44.2 Å². The van der Waals surface area contributed by atoms with Crippen molar-refractivity contribution < 1.29 is 4.79 Å². The zero-order valence-corrected chi connectivity index (χ0v) is 18.8. The van der Waals surface area contributed by atoms with E-state index in [1.165, 1.54) is 11.1 Å². The molecule has 3 rings (SSSR count). The summed E-state index contributed by atoms with van der Waals surface area (Å²) in [5, 5.41) is 9.50. The average molecular weight is 499 g/mol. The van der Waals surface area contributed by atoms with E-state index >= 15 is 0 Å². The number of aryl methyl sites for hydroxylation is 1. The highest BCUT2D eigenvalue weighted by Gasteiger charge is 2.20. The Morgan fingerprint density at radius 2 is 2.07 bits per heavy atom. The van der Waals surface area contributed by atoms with Crippen LogP contribution in [0.1, 0.15) is 21.8 Å². The van der Waals surface area contributed by atoms with Crippen LogP contribution >= 0.6 is 35.3 Å². The molecule has 0 atom stereocenters. The lowest BCUT2D eigenvalue weighted by molar-refractivity contribution is -0.130. The first-order valence-electron chi connectivity index (χ1n) is 8.86. The highest BCUT2D eigenvalue weighted by atomic mass is 127. The first-order valence-corrected chi connectivity index (χ1v) is 9.74. The van der Waals surface area contributed by atoms with Crippen molar-refractivity contribution in [3.63, 3.8) is 0 Å². The monoisotopic (exact) mass is 499 g/mol. The van der Waals surface area contributed by atoms with Crippen molar-refractivity contribution in [1.29, 1.82) is 0 Å². The van der Waals surface area contributed by atoms with Gasteiger partial charge in [-0.1, -0.05) is 24.3 Å². The number of nitrogens with one attached hydrogen (secondary N) is 2. The topological polar surface area (TPSA) is 69.6 Å². The van der Waals surface area contributed by atoms with Crippen LogP contribution in [0.3, 0.4) is 0 Å².